The minimum absolute atomic E-state index is 0.230. The lowest BCUT2D eigenvalue weighted by molar-refractivity contribution is 0.102. The van der Waals surface area contributed by atoms with Crippen LogP contribution < -0.4 is 5.32 Å². The summed E-state index contributed by atoms with van der Waals surface area (Å²) in [6, 6.07) is 9.76. The highest BCUT2D eigenvalue weighted by molar-refractivity contribution is 7.99. The minimum atomic E-state index is -0.230. The molecule has 0 bridgehead atoms. The van der Waals surface area contributed by atoms with Crippen LogP contribution in [0.2, 0.25) is 0 Å². The summed E-state index contributed by atoms with van der Waals surface area (Å²) >= 11 is 2.83. The van der Waals surface area contributed by atoms with Crippen LogP contribution in [-0.2, 0) is 0 Å². The molecule has 0 saturated heterocycles. The van der Waals surface area contributed by atoms with Crippen LogP contribution in [0.4, 0.5) is 5.13 Å². The highest BCUT2D eigenvalue weighted by Crippen LogP contribution is 2.32. The first-order valence-electron chi connectivity index (χ1n) is 7.34. The van der Waals surface area contributed by atoms with Crippen molar-refractivity contribution in [1.82, 2.24) is 15.2 Å². The van der Waals surface area contributed by atoms with E-state index in [-0.39, 0.29) is 5.91 Å². The molecule has 0 radical (unpaired) electrons. The molecule has 0 aliphatic carbocycles. The Morgan fingerprint density at radius 1 is 1.17 bits per heavy atom. The van der Waals surface area contributed by atoms with Crippen LogP contribution in [0.3, 0.4) is 0 Å². The molecule has 5 nitrogen and oxygen atoms in total. The number of carbonyl (C=O) groups excluding carboxylic acids is 1. The smallest absolute Gasteiger partial charge is 0.260 e. The average Bonchev–Trinajstić information content (AvgIpc) is 2.95. The molecule has 0 fully saturated rings. The second kappa shape index (κ2) is 7.11. The van der Waals surface area contributed by atoms with Crippen molar-refractivity contribution >= 4 is 34.1 Å². The number of aromatic nitrogens is 3. The van der Waals surface area contributed by atoms with Crippen molar-refractivity contribution in [2.24, 2.45) is 0 Å². The number of anilines is 1. The van der Waals surface area contributed by atoms with E-state index in [1.165, 1.54) is 28.7 Å². The summed E-state index contributed by atoms with van der Waals surface area (Å²) in [4.78, 5) is 18.0. The fourth-order valence-corrected chi connectivity index (χ4v) is 3.71. The van der Waals surface area contributed by atoms with Gasteiger partial charge in [-0.1, -0.05) is 40.8 Å². The van der Waals surface area contributed by atoms with Crippen LogP contribution in [0, 0.1) is 20.8 Å². The highest BCUT2D eigenvalue weighted by atomic mass is 32.2. The molecule has 3 aromatic rings. The Bertz CT molecular complexity index is 892. The van der Waals surface area contributed by atoms with Gasteiger partial charge in [-0.2, -0.15) is 0 Å². The van der Waals surface area contributed by atoms with Crippen molar-refractivity contribution in [3.05, 3.63) is 58.2 Å². The number of hydrogen-bond donors (Lipinski definition) is 1. The molecule has 7 heteroatoms. The minimum Gasteiger partial charge on any atom is -0.296 e. The predicted octanol–water partition coefficient (Wildman–Crippen LogP) is 4.26. The third-order valence-corrected chi connectivity index (χ3v) is 5.25. The van der Waals surface area contributed by atoms with Crippen LogP contribution in [-0.4, -0.2) is 21.1 Å². The Morgan fingerprint density at radius 3 is 2.71 bits per heavy atom. The SMILES string of the molecule is Cc1ccc(Sc2ncccc2C(=O)Nc2nnc(C)s2)c(C)c1. The molecule has 0 aliphatic rings. The maximum absolute atomic E-state index is 12.5. The molecule has 3 rings (SSSR count). The number of hydrogen-bond acceptors (Lipinski definition) is 6. The Balaban J connectivity index is 1.86. The van der Waals surface area contributed by atoms with Crippen LogP contribution in [0.15, 0.2) is 46.5 Å². The molecule has 24 heavy (non-hydrogen) atoms. The molecule has 2 aromatic heterocycles. The number of nitrogens with one attached hydrogen (secondary N) is 1. The van der Waals surface area contributed by atoms with Crippen molar-refractivity contribution in [2.45, 2.75) is 30.7 Å². The standard InChI is InChI=1S/C17H16N4OS2/c1-10-6-7-14(11(2)9-10)24-16-13(5-4-8-18-16)15(22)19-17-21-20-12(3)23-17/h4-9H,1-3H3,(H,19,21,22). The van der Waals surface area contributed by atoms with E-state index in [0.29, 0.717) is 15.7 Å². The van der Waals surface area contributed by atoms with E-state index in [9.17, 15) is 4.79 Å². The van der Waals surface area contributed by atoms with Crippen molar-refractivity contribution in [3.63, 3.8) is 0 Å². The fourth-order valence-electron chi connectivity index (χ4n) is 2.17. The average molecular weight is 356 g/mol. The van der Waals surface area contributed by atoms with E-state index in [0.717, 1.165) is 15.5 Å². The molecule has 0 saturated carbocycles. The molecular formula is C17H16N4OS2. The number of carbonyl (C=O) groups is 1. The van der Waals surface area contributed by atoms with Crippen LogP contribution in [0.5, 0.6) is 0 Å². The fraction of sp³-hybridized carbons (Fsp3) is 0.176. The van der Waals surface area contributed by atoms with E-state index >= 15 is 0 Å². The number of aryl methyl sites for hydroxylation is 3. The Hall–Kier alpha value is -2.25. The van der Waals surface area contributed by atoms with Gasteiger partial charge in [0.05, 0.1) is 5.56 Å². The van der Waals surface area contributed by atoms with Crippen molar-refractivity contribution < 1.29 is 4.79 Å². The van der Waals surface area contributed by atoms with E-state index in [1.54, 1.807) is 18.3 Å². The Morgan fingerprint density at radius 2 is 2.00 bits per heavy atom. The quantitative estimate of drug-likeness (QED) is 0.756. The topological polar surface area (TPSA) is 67.8 Å². The molecule has 1 amide bonds. The maximum Gasteiger partial charge on any atom is 0.260 e. The monoisotopic (exact) mass is 356 g/mol. The van der Waals surface area contributed by atoms with Crippen molar-refractivity contribution in [1.29, 1.82) is 0 Å². The zero-order chi connectivity index (χ0) is 17.1. The number of amides is 1. The summed E-state index contributed by atoms with van der Waals surface area (Å²) in [5.41, 5.74) is 2.90. The largest absolute Gasteiger partial charge is 0.296 e. The van der Waals surface area contributed by atoms with Gasteiger partial charge in [0.15, 0.2) is 0 Å². The zero-order valence-corrected chi connectivity index (χ0v) is 15.2. The van der Waals surface area contributed by atoms with Gasteiger partial charge in [0.1, 0.15) is 10.0 Å². The van der Waals surface area contributed by atoms with E-state index in [2.05, 4.69) is 52.5 Å². The summed E-state index contributed by atoms with van der Waals surface area (Å²) in [5, 5.41) is 12.6. The van der Waals surface area contributed by atoms with Gasteiger partial charge in [-0.05, 0) is 44.5 Å². The second-order valence-electron chi connectivity index (χ2n) is 5.31. The molecule has 122 valence electrons. The number of nitrogens with zero attached hydrogens (tertiary/aromatic N) is 3. The zero-order valence-electron chi connectivity index (χ0n) is 13.5. The molecular weight excluding hydrogens is 340 g/mol. The third kappa shape index (κ3) is 3.80. The molecule has 0 spiro atoms. The summed E-state index contributed by atoms with van der Waals surface area (Å²) in [6.07, 6.45) is 1.69. The molecule has 0 aliphatic heterocycles. The number of pyridine rings is 1. The molecule has 1 aromatic carbocycles. The van der Waals surface area contributed by atoms with Crippen LogP contribution >= 0.6 is 23.1 Å². The summed E-state index contributed by atoms with van der Waals surface area (Å²) in [7, 11) is 0. The Labute approximate surface area is 148 Å². The summed E-state index contributed by atoms with van der Waals surface area (Å²) < 4.78 is 0. The lowest BCUT2D eigenvalue weighted by Gasteiger charge is -2.09. The highest BCUT2D eigenvalue weighted by Gasteiger charge is 2.16. The first kappa shape index (κ1) is 16.6. The van der Waals surface area contributed by atoms with Crippen molar-refractivity contribution in [2.75, 3.05) is 5.32 Å². The maximum atomic E-state index is 12.5. The van der Waals surface area contributed by atoms with E-state index in [4.69, 9.17) is 0 Å². The van der Waals surface area contributed by atoms with Crippen LogP contribution in [0.1, 0.15) is 26.5 Å². The normalized spacial score (nSPS) is 10.6. The lowest BCUT2D eigenvalue weighted by atomic mass is 10.2. The second-order valence-corrected chi connectivity index (χ2v) is 7.52. The number of benzene rings is 1. The lowest BCUT2D eigenvalue weighted by Crippen LogP contribution is -2.13. The Kier molecular flexibility index (Phi) is 4.92. The van der Waals surface area contributed by atoms with Gasteiger partial charge >= 0.3 is 0 Å². The molecule has 1 N–H and O–H groups in total. The van der Waals surface area contributed by atoms with Gasteiger partial charge in [0.25, 0.3) is 5.91 Å². The summed E-state index contributed by atoms with van der Waals surface area (Å²) in [5.74, 6) is -0.230. The van der Waals surface area contributed by atoms with Gasteiger partial charge in [-0.3, -0.25) is 10.1 Å². The predicted molar refractivity (Wildman–Crippen MR) is 96.9 cm³/mol. The van der Waals surface area contributed by atoms with Crippen molar-refractivity contribution in [3.8, 4) is 0 Å². The van der Waals surface area contributed by atoms with Gasteiger partial charge in [0.2, 0.25) is 5.13 Å². The van der Waals surface area contributed by atoms with Gasteiger partial charge < -0.3 is 0 Å². The summed E-state index contributed by atoms with van der Waals surface area (Å²) in [6.45, 7) is 5.96. The van der Waals surface area contributed by atoms with Gasteiger partial charge in [0, 0.05) is 11.1 Å². The third-order valence-electron chi connectivity index (χ3n) is 3.30. The van der Waals surface area contributed by atoms with E-state index in [1.807, 2.05) is 6.92 Å². The molecule has 2 heterocycles. The van der Waals surface area contributed by atoms with E-state index < -0.39 is 0 Å². The van der Waals surface area contributed by atoms with Gasteiger partial charge in [-0.15, -0.1) is 10.2 Å². The molecule has 0 unspecified atom stereocenters. The van der Waals surface area contributed by atoms with Gasteiger partial charge in [-0.25, -0.2) is 4.98 Å². The number of rotatable bonds is 4. The first-order valence-corrected chi connectivity index (χ1v) is 8.98. The first-order chi connectivity index (χ1) is 11.5. The molecule has 0 atom stereocenters. The van der Waals surface area contributed by atoms with Crippen LogP contribution in [0.25, 0.3) is 0 Å².